The lowest BCUT2D eigenvalue weighted by Crippen LogP contribution is -2.49. The lowest BCUT2D eigenvalue weighted by atomic mass is 9.84. The van der Waals surface area contributed by atoms with Crippen molar-refractivity contribution in [3.05, 3.63) is 42.7 Å². The molecular formula is C27H37F2N7O2. The van der Waals surface area contributed by atoms with Gasteiger partial charge in [-0.05, 0) is 50.6 Å². The highest BCUT2D eigenvalue weighted by Gasteiger charge is 2.39. The van der Waals surface area contributed by atoms with E-state index in [1.165, 1.54) is 18.1 Å². The van der Waals surface area contributed by atoms with Gasteiger partial charge in [0.25, 0.3) is 6.43 Å². The number of alkyl halides is 2. The standard InChI is InChI=1S/C27H37F2N7O2/c1-32-14-16-33(17-15-32)21-4-2-5-22(18-21)36-23(6-10-31-36)20-27(38)7-12-34(13-8-27)25(37)19-24(26(28)29)35-11-3-9-30-35/h2-5,9-11,18,23-24,26,38H,6-8,12-17,19-20H2,1H3. The molecule has 11 heteroatoms. The van der Waals surface area contributed by atoms with Gasteiger partial charge in [0.05, 0.1) is 23.8 Å². The van der Waals surface area contributed by atoms with Gasteiger partial charge in [0.2, 0.25) is 5.91 Å². The second-order valence-electron chi connectivity index (χ2n) is 10.7. The van der Waals surface area contributed by atoms with Gasteiger partial charge in [0.1, 0.15) is 6.04 Å². The van der Waals surface area contributed by atoms with Crippen LogP contribution >= 0.6 is 0 Å². The molecule has 1 aromatic carbocycles. The number of amides is 1. The Kier molecular flexibility index (Phi) is 7.94. The molecule has 5 rings (SSSR count). The van der Waals surface area contributed by atoms with E-state index < -0.39 is 18.1 Å². The molecule has 2 aromatic rings. The number of piperazine rings is 1. The normalized spacial score (nSPS) is 22.9. The van der Waals surface area contributed by atoms with E-state index in [1.807, 2.05) is 11.2 Å². The molecule has 2 atom stereocenters. The monoisotopic (exact) mass is 529 g/mol. The SMILES string of the molecule is CN1CCN(c2cccc(N3N=CCC3CC3(O)CCN(C(=O)CC(C(F)F)n4cccn4)CC3)c2)CC1. The van der Waals surface area contributed by atoms with Gasteiger partial charge in [0, 0.05) is 70.0 Å². The molecule has 4 heterocycles. The van der Waals surface area contributed by atoms with E-state index in [1.54, 1.807) is 11.0 Å². The molecular weight excluding hydrogens is 492 g/mol. The number of piperidine rings is 1. The average Bonchev–Trinajstić information content (AvgIpc) is 3.60. The van der Waals surface area contributed by atoms with Crippen molar-refractivity contribution in [2.75, 3.05) is 56.2 Å². The van der Waals surface area contributed by atoms with E-state index in [0.717, 1.165) is 43.0 Å². The smallest absolute Gasteiger partial charge is 0.261 e. The van der Waals surface area contributed by atoms with Crippen molar-refractivity contribution < 1.29 is 18.7 Å². The molecule has 2 saturated heterocycles. The van der Waals surface area contributed by atoms with Gasteiger partial charge >= 0.3 is 0 Å². The van der Waals surface area contributed by atoms with Crippen molar-refractivity contribution in [2.24, 2.45) is 5.10 Å². The largest absolute Gasteiger partial charge is 0.390 e. The second-order valence-corrected chi connectivity index (χ2v) is 10.7. The first-order chi connectivity index (χ1) is 18.3. The summed E-state index contributed by atoms with van der Waals surface area (Å²) in [5, 5.41) is 22.0. The summed E-state index contributed by atoms with van der Waals surface area (Å²) in [6.07, 6.45) is 3.86. The molecule has 0 spiro atoms. The summed E-state index contributed by atoms with van der Waals surface area (Å²) in [5.74, 6) is -0.334. The molecule has 9 nitrogen and oxygen atoms in total. The van der Waals surface area contributed by atoms with E-state index >= 15 is 0 Å². The molecule has 2 unspecified atom stereocenters. The predicted octanol–water partition coefficient (Wildman–Crippen LogP) is 2.84. The number of rotatable bonds is 8. The molecule has 2 fully saturated rings. The van der Waals surface area contributed by atoms with Crippen LogP contribution in [0, 0.1) is 0 Å². The number of hydrazone groups is 1. The molecule has 0 saturated carbocycles. The van der Waals surface area contributed by atoms with Gasteiger partial charge in [-0.25, -0.2) is 8.78 Å². The minimum atomic E-state index is -2.69. The van der Waals surface area contributed by atoms with Crippen LogP contribution in [-0.4, -0.2) is 101 Å². The molecule has 0 aliphatic carbocycles. The summed E-state index contributed by atoms with van der Waals surface area (Å²) < 4.78 is 28.3. The number of anilines is 2. The first-order valence-electron chi connectivity index (χ1n) is 13.4. The van der Waals surface area contributed by atoms with Gasteiger partial charge in [-0.15, -0.1) is 0 Å². The maximum absolute atomic E-state index is 13.6. The van der Waals surface area contributed by atoms with E-state index in [0.29, 0.717) is 32.4 Å². The van der Waals surface area contributed by atoms with Crippen molar-refractivity contribution in [2.45, 2.75) is 56.2 Å². The zero-order valence-corrected chi connectivity index (χ0v) is 21.9. The van der Waals surface area contributed by atoms with E-state index in [-0.39, 0.29) is 18.4 Å². The van der Waals surface area contributed by atoms with Crippen LogP contribution in [0.1, 0.15) is 38.1 Å². The van der Waals surface area contributed by atoms with Crippen LogP contribution in [0.2, 0.25) is 0 Å². The number of carbonyl (C=O) groups excluding carboxylic acids is 1. The zero-order valence-electron chi connectivity index (χ0n) is 21.9. The molecule has 1 aromatic heterocycles. The molecule has 1 amide bonds. The van der Waals surface area contributed by atoms with E-state index in [9.17, 15) is 18.7 Å². The lowest BCUT2D eigenvalue weighted by Gasteiger charge is -2.41. The Bertz CT molecular complexity index is 1100. The Labute approximate surface area is 222 Å². The zero-order chi connectivity index (χ0) is 26.7. The highest BCUT2D eigenvalue weighted by Crippen LogP contribution is 2.35. The molecule has 206 valence electrons. The molecule has 0 radical (unpaired) electrons. The van der Waals surface area contributed by atoms with Crippen molar-refractivity contribution in [1.82, 2.24) is 19.6 Å². The lowest BCUT2D eigenvalue weighted by molar-refractivity contribution is -0.138. The minimum Gasteiger partial charge on any atom is -0.390 e. The van der Waals surface area contributed by atoms with Crippen LogP contribution in [0.3, 0.4) is 0 Å². The quantitative estimate of drug-likeness (QED) is 0.567. The van der Waals surface area contributed by atoms with Crippen LogP contribution in [-0.2, 0) is 4.79 Å². The maximum Gasteiger partial charge on any atom is 0.261 e. The first-order valence-corrected chi connectivity index (χ1v) is 13.4. The Hall–Kier alpha value is -3.05. The fraction of sp³-hybridized carbons (Fsp3) is 0.593. The number of benzene rings is 1. The summed E-state index contributed by atoms with van der Waals surface area (Å²) >= 11 is 0. The van der Waals surface area contributed by atoms with Gasteiger partial charge in [-0.2, -0.15) is 10.2 Å². The summed E-state index contributed by atoms with van der Waals surface area (Å²) in [4.78, 5) is 19.1. The van der Waals surface area contributed by atoms with E-state index in [2.05, 4.69) is 51.3 Å². The number of aromatic nitrogens is 2. The minimum absolute atomic E-state index is 0.0213. The van der Waals surface area contributed by atoms with E-state index in [4.69, 9.17) is 0 Å². The molecule has 1 N–H and O–H groups in total. The highest BCUT2D eigenvalue weighted by molar-refractivity contribution is 5.77. The van der Waals surface area contributed by atoms with Crippen LogP contribution in [0.15, 0.2) is 47.8 Å². The van der Waals surface area contributed by atoms with Gasteiger partial charge in [-0.3, -0.25) is 14.5 Å². The Morgan fingerprint density at radius 1 is 1.11 bits per heavy atom. The topological polar surface area (TPSA) is 80.4 Å². The number of hydrogen-bond donors (Lipinski definition) is 1. The Balaban J connectivity index is 1.17. The number of likely N-dealkylation sites (N-methyl/N-ethyl adjacent to an activating group) is 1. The highest BCUT2D eigenvalue weighted by atomic mass is 19.3. The van der Waals surface area contributed by atoms with Crippen molar-refractivity contribution in [3.8, 4) is 0 Å². The third-order valence-corrected chi connectivity index (χ3v) is 8.09. The summed E-state index contributed by atoms with van der Waals surface area (Å²) in [7, 11) is 2.14. The molecule has 3 aliphatic rings. The average molecular weight is 530 g/mol. The number of halogens is 2. The summed E-state index contributed by atoms with van der Waals surface area (Å²) in [6.45, 7) is 4.73. The molecule has 0 bridgehead atoms. The Morgan fingerprint density at radius 2 is 1.84 bits per heavy atom. The second kappa shape index (κ2) is 11.4. The van der Waals surface area contributed by atoms with Crippen LogP contribution < -0.4 is 9.91 Å². The predicted molar refractivity (Wildman–Crippen MR) is 143 cm³/mol. The van der Waals surface area contributed by atoms with Crippen LogP contribution in [0.4, 0.5) is 20.2 Å². The van der Waals surface area contributed by atoms with Gasteiger partial charge in [-0.1, -0.05) is 6.07 Å². The third-order valence-electron chi connectivity index (χ3n) is 8.09. The third kappa shape index (κ3) is 5.99. The van der Waals surface area contributed by atoms with Crippen molar-refractivity contribution in [3.63, 3.8) is 0 Å². The first kappa shape index (κ1) is 26.6. The number of hydrogen-bond acceptors (Lipinski definition) is 7. The summed E-state index contributed by atoms with van der Waals surface area (Å²) in [6, 6.07) is 8.72. The number of aliphatic hydroxyl groups is 1. The number of likely N-dealkylation sites (tertiary alicyclic amines) is 1. The van der Waals surface area contributed by atoms with Gasteiger partial charge < -0.3 is 19.8 Å². The maximum atomic E-state index is 13.6. The molecule has 38 heavy (non-hydrogen) atoms. The Morgan fingerprint density at radius 3 is 2.53 bits per heavy atom. The van der Waals surface area contributed by atoms with Crippen LogP contribution in [0.25, 0.3) is 0 Å². The van der Waals surface area contributed by atoms with Crippen molar-refractivity contribution >= 4 is 23.5 Å². The summed E-state index contributed by atoms with van der Waals surface area (Å²) in [5.41, 5.74) is 1.25. The van der Waals surface area contributed by atoms with Crippen LogP contribution in [0.5, 0.6) is 0 Å². The molecule has 3 aliphatic heterocycles. The number of carbonyl (C=O) groups is 1. The van der Waals surface area contributed by atoms with Gasteiger partial charge in [0.15, 0.2) is 0 Å². The number of nitrogens with zero attached hydrogens (tertiary/aromatic N) is 7. The van der Waals surface area contributed by atoms with Crippen molar-refractivity contribution in [1.29, 1.82) is 0 Å². The fourth-order valence-corrected chi connectivity index (χ4v) is 5.69. The fourth-order valence-electron chi connectivity index (χ4n) is 5.69.